The number of rotatable bonds is 16. The van der Waals surface area contributed by atoms with Gasteiger partial charge < -0.3 is 29.4 Å². The fourth-order valence-corrected chi connectivity index (χ4v) is 17.6. The number of fused-ring (bicyclic) bond motifs is 8. The van der Waals surface area contributed by atoms with Gasteiger partial charge in [0, 0.05) is 102 Å². The number of hydrogen-bond donors (Lipinski definition) is 0. The average Bonchev–Trinajstić information content (AvgIpc) is 0.687. The zero-order valence-corrected chi connectivity index (χ0v) is 58.4. The first-order chi connectivity index (χ1) is 49.8. The third-order valence-electron chi connectivity index (χ3n) is 22.9. The van der Waals surface area contributed by atoms with Crippen LogP contribution in [0.4, 0.5) is 96.7 Å². The minimum Gasteiger partial charge on any atom is -0.314 e. The molecule has 18 rings (SSSR count). The van der Waals surface area contributed by atoms with Crippen molar-refractivity contribution in [2.45, 2.75) is 73.6 Å². The molecule has 0 bridgehead atoms. The molecule has 101 heavy (non-hydrogen) atoms. The Labute approximate surface area is 596 Å². The SMILES string of the molecule is CCc1ccccc1N(C1=CCC1(C)[C@H](C)CC)c1cc2c3c(c1)N(c1ccccc1)c1cc4c(cc1B3c1ccccc1N2c1ccccc1)B1c2ccccc2N(c2ccccc2)c2cc(N(c3ccccc3CC)c3ccccc3CC)cc(c21)N4c1ccccc1-c1ccccc1. The molecular weight excluding hydrogens is 1220 g/mol. The summed E-state index contributed by atoms with van der Waals surface area (Å²) in [7, 11) is 0. The van der Waals surface area contributed by atoms with Crippen LogP contribution in [0.5, 0.6) is 0 Å². The highest BCUT2D eigenvalue weighted by molar-refractivity contribution is 7.03. The zero-order chi connectivity index (χ0) is 68.0. The molecule has 0 saturated heterocycles. The lowest BCUT2D eigenvalue weighted by molar-refractivity contribution is 0.218. The van der Waals surface area contributed by atoms with Gasteiger partial charge in [0.05, 0.1) is 11.4 Å². The summed E-state index contributed by atoms with van der Waals surface area (Å²) in [6, 6.07) is 115. The van der Waals surface area contributed by atoms with E-state index in [2.05, 4.69) is 380 Å². The Balaban J connectivity index is 0.987. The van der Waals surface area contributed by atoms with Gasteiger partial charge in [0.25, 0.3) is 13.4 Å². The molecular formula is C93H80B2N6. The van der Waals surface area contributed by atoms with Crippen molar-refractivity contribution < 1.29 is 0 Å². The number of anilines is 17. The molecule has 0 spiro atoms. The van der Waals surface area contributed by atoms with Crippen molar-refractivity contribution in [3.8, 4) is 11.1 Å². The normalized spacial score (nSPS) is 15.3. The van der Waals surface area contributed by atoms with Gasteiger partial charge in [-0.05, 0) is 190 Å². The van der Waals surface area contributed by atoms with Crippen molar-refractivity contribution >= 4 is 143 Å². The van der Waals surface area contributed by atoms with Crippen LogP contribution in [0.15, 0.2) is 315 Å². The van der Waals surface area contributed by atoms with Crippen LogP contribution < -0.4 is 62.2 Å². The Morgan fingerprint density at radius 3 is 1.16 bits per heavy atom. The van der Waals surface area contributed by atoms with E-state index in [1.165, 1.54) is 95.0 Å². The lowest BCUT2D eigenvalue weighted by atomic mass is 9.30. The molecule has 0 aromatic heterocycles. The monoisotopic (exact) mass is 1300 g/mol. The summed E-state index contributed by atoms with van der Waals surface area (Å²) < 4.78 is 0. The van der Waals surface area contributed by atoms with Gasteiger partial charge in [-0.3, -0.25) is 0 Å². The van der Waals surface area contributed by atoms with E-state index in [9.17, 15) is 0 Å². The topological polar surface area (TPSA) is 19.4 Å². The Hall–Kier alpha value is -11.5. The van der Waals surface area contributed by atoms with Gasteiger partial charge >= 0.3 is 0 Å². The van der Waals surface area contributed by atoms with E-state index < -0.39 is 0 Å². The molecule has 0 saturated carbocycles. The molecule has 5 aliphatic rings. The van der Waals surface area contributed by atoms with Gasteiger partial charge in [0.1, 0.15) is 0 Å². The highest BCUT2D eigenvalue weighted by atomic mass is 15.2. The molecule has 488 valence electrons. The second-order valence-corrected chi connectivity index (χ2v) is 28.1. The second-order valence-electron chi connectivity index (χ2n) is 28.1. The van der Waals surface area contributed by atoms with Crippen LogP contribution in [0, 0.1) is 11.3 Å². The molecule has 13 aromatic carbocycles. The maximum Gasteiger partial charge on any atom is 0.252 e. The van der Waals surface area contributed by atoms with Gasteiger partial charge in [-0.1, -0.05) is 254 Å². The average molecular weight is 1300 g/mol. The maximum atomic E-state index is 2.68. The summed E-state index contributed by atoms with van der Waals surface area (Å²) >= 11 is 0. The number of nitrogens with zero attached hydrogens (tertiary/aromatic N) is 6. The van der Waals surface area contributed by atoms with Crippen molar-refractivity contribution in [3.63, 3.8) is 0 Å². The summed E-state index contributed by atoms with van der Waals surface area (Å²) in [5, 5.41) is 0. The van der Waals surface area contributed by atoms with Gasteiger partial charge in [-0.15, -0.1) is 0 Å². The van der Waals surface area contributed by atoms with Gasteiger partial charge in [-0.25, -0.2) is 0 Å². The molecule has 13 aromatic rings. The number of benzene rings is 13. The second kappa shape index (κ2) is 25.1. The van der Waals surface area contributed by atoms with E-state index in [4.69, 9.17) is 0 Å². The first-order valence-corrected chi connectivity index (χ1v) is 36.5. The summed E-state index contributed by atoms with van der Waals surface area (Å²) in [5.41, 5.74) is 34.7. The van der Waals surface area contributed by atoms with E-state index in [1.807, 2.05) is 0 Å². The van der Waals surface area contributed by atoms with Crippen molar-refractivity contribution in [1.82, 2.24) is 0 Å². The van der Waals surface area contributed by atoms with E-state index >= 15 is 0 Å². The van der Waals surface area contributed by atoms with Crippen molar-refractivity contribution in [2.75, 3.05) is 29.4 Å². The van der Waals surface area contributed by atoms with Gasteiger partial charge in [-0.2, -0.15) is 0 Å². The van der Waals surface area contributed by atoms with Crippen molar-refractivity contribution in [3.05, 3.63) is 332 Å². The summed E-state index contributed by atoms with van der Waals surface area (Å²) in [4.78, 5) is 15.7. The van der Waals surface area contributed by atoms with Crippen molar-refractivity contribution in [1.29, 1.82) is 0 Å². The molecule has 0 N–H and O–H groups in total. The third-order valence-corrected chi connectivity index (χ3v) is 22.9. The molecule has 0 fully saturated rings. The summed E-state index contributed by atoms with van der Waals surface area (Å²) in [6.45, 7) is 13.9. The largest absolute Gasteiger partial charge is 0.314 e. The van der Waals surface area contributed by atoms with Crippen LogP contribution in [-0.2, 0) is 19.3 Å². The molecule has 2 atom stereocenters. The fourth-order valence-electron chi connectivity index (χ4n) is 17.6. The molecule has 4 heterocycles. The maximum absolute atomic E-state index is 2.68. The molecule has 4 aliphatic heterocycles. The summed E-state index contributed by atoms with van der Waals surface area (Å²) in [6.07, 6.45) is 7.29. The first kappa shape index (κ1) is 61.8. The van der Waals surface area contributed by atoms with Gasteiger partial charge in [0.2, 0.25) is 0 Å². The molecule has 0 amide bonds. The van der Waals surface area contributed by atoms with Crippen LogP contribution in [0.2, 0.25) is 0 Å². The predicted octanol–water partition coefficient (Wildman–Crippen LogP) is 21.2. The highest BCUT2D eigenvalue weighted by Gasteiger charge is 2.50. The van der Waals surface area contributed by atoms with Crippen molar-refractivity contribution in [2.24, 2.45) is 11.3 Å². The molecule has 1 unspecified atom stereocenters. The fraction of sp³-hybridized carbons (Fsp3) is 0.140. The Morgan fingerprint density at radius 1 is 0.347 bits per heavy atom. The number of allylic oxidation sites excluding steroid dienone is 2. The molecule has 0 radical (unpaired) electrons. The lowest BCUT2D eigenvalue weighted by Crippen LogP contribution is -2.65. The zero-order valence-electron chi connectivity index (χ0n) is 58.4. The molecule has 1 aliphatic carbocycles. The van der Waals surface area contributed by atoms with Crippen LogP contribution >= 0.6 is 0 Å². The first-order valence-electron chi connectivity index (χ1n) is 36.5. The minimum absolute atomic E-state index is 0.0526. The summed E-state index contributed by atoms with van der Waals surface area (Å²) in [5.74, 6) is 0.456. The smallest absolute Gasteiger partial charge is 0.252 e. The third kappa shape index (κ3) is 9.77. The highest BCUT2D eigenvalue weighted by Crippen LogP contribution is 2.57. The predicted molar refractivity (Wildman–Crippen MR) is 432 cm³/mol. The van der Waals surface area contributed by atoms with Crippen LogP contribution in [0.3, 0.4) is 0 Å². The molecule has 8 heteroatoms. The van der Waals surface area contributed by atoms with E-state index in [-0.39, 0.29) is 18.8 Å². The van der Waals surface area contributed by atoms with E-state index in [1.54, 1.807) is 0 Å². The van der Waals surface area contributed by atoms with Crippen LogP contribution in [0.1, 0.15) is 71.1 Å². The lowest BCUT2D eigenvalue weighted by Gasteiger charge is -2.50. The van der Waals surface area contributed by atoms with E-state index in [0.29, 0.717) is 5.92 Å². The van der Waals surface area contributed by atoms with Gasteiger partial charge in [0.15, 0.2) is 0 Å². The van der Waals surface area contributed by atoms with Crippen LogP contribution in [0.25, 0.3) is 11.1 Å². The minimum atomic E-state index is -0.194. The standard InChI is InChI=1S/C93H80B2N6/c1-7-63(5)93(6)56-55-90(93)100(80-51-31-25-37-66(80)10-4)72-59-87-91-88(60-72)98(70-44-21-14-22-45-70)84-62-85-77(61-76(84)94(91)74-47-27-33-53-82(74)97(87)69-42-19-13-20-43-69)95-75-48-28-34-54-83(75)96(68-40-17-12-18-41-68)86-57-71(99(78-49-29-23-35-64(78)8-2)79-50-30-24-36-65(79)9-3)58-89(92(86)95)101(85)81-52-32-26-46-73(81)67-38-15-11-16-39-67/h11-55,57-63H,7-10,56H2,1-6H3/t63-,93?/m1/s1. The Morgan fingerprint density at radius 2 is 0.713 bits per heavy atom. The number of hydrogen-bond acceptors (Lipinski definition) is 6. The molecule has 6 nitrogen and oxygen atoms in total. The number of para-hydroxylation sites is 9. The Bertz CT molecular complexity index is 5340. The Kier molecular flexibility index (Phi) is 15.3. The van der Waals surface area contributed by atoms with E-state index in [0.717, 1.165) is 100 Å². The van der Waals surface area contributed by atoms with Crippen LogP contribution in [-0.4, -0.2) is 13.4 Å². The quantitative estimate of drug-likeness (QED) is 0.0892. The number of aryl methyl sites for hydroxylation is 3.